The second kappa shape index (κ2) is 11.7. The minimum Gasteiger partial charge on any atom is -0.497 e. The standard InChI is InChI=1S/C23H33N3O5S/c1-17(2)16-26(32(29,30)22-11-9-21(31-4)10-12-22)14-13-20(25-23(27)28)15-18-5-7-19(24-3)8-6-18/h5-12,17,20,24-25H,13-16H2,1-4H3,(H,27,28)/t20-/m1/s1. The number of hydrogen-bond acceptors (Lipinski definition) is 5. The maximum absolute atomic E-state index is 13.3. The number of methoxy groups -OCH3 is 1. The van der Waals surface area contributed by atoms with Crippen molar-refractivity contribution >= 4 is 21.8 Å². The lowest BCUT2D eigenvalue weighted by molar-refractivity contribution is 0.188. The quantitative estimate of drug-likeness (QED) is 0.443. The van der Waals surface area contributed by atoms with E-state index in [-0.39, 0.29) is 17.4 Å². The molecule has 3 N–H and O–H groups in total. The van der Waals surface area contributed by atoms with Gasteiger partial charge in [0.2, 0.25) is 10.0 Å². The Morgan fingerprint density at radius 2 is 1.72 bits per heavy atom. The van der Waals surface area contributed by atoms with Crippen molar-refractivity contribution in [3.63, 3.8) is 0 Å². The van der Waals surface area contributed by atoms with E-state index in [1.807, 2.05) is 45.2 Å². The van der Waals surface area contributed by atoms with Crippen LogP contribution in [0.15, 0.2) is 53.4 Å². The van der Waals surface area contributed by atoms with Gasteiger partial charge in [-0.15, -0.1) is 0 Å². The SMILES string of the molecule is CNc1ccc(C[C@@H](CCN(CC(C)C)S(=O)(=O)c2ccc(OC)cc2)NC(=O)O)cc1. The first kappa shape index (κ1) is 25.5. The lowest BCUT2D eigenvalue weighted by atomic mass is 10.0. The van der Waals surface area contributed by atoms with E-state index >= 15 is 0 Å². The molecule has 32 heavy (non-hydrogen) atoms. The number of ether oxygens (including phenoxy) is 1. The molecule has 0 saturated heterocycles. The summed E-state index contributed by atoms with van der Waals surface area (Å²) in [6.07, 6.45) is -0.313. The monoisotopic (exact) mass is 463 g/mol. The van der Waals surface area contributed by atoms with Gasteiger partial charge < -0.3 is 20.5 Å². The summed E-state index contributed by atoms with van der Waals surface area (Å²) in [5.74, 6) is 0.692. The van der Waals surface area contributed by atoms with Crippen LogP contribution in [-0.2, 0) is 16.4 Å². The first-order chi connectivity index (χ1) is 15.1. The molecule has 8 nitrogen and oxygen atoms in total. The van der Waals surface area contributed by atoms with Crippen molar-refractivity contribution in [3.05, 3.63) is 54.1 Å². The van der Waals surface area contributed by atoms with Gasteiger partial charge in [-0.25, -0.2) is 13.2 Å². The average molecular weight is 464 g/mol. The van der Waals surface area contributed by atoms with Gasteiger partial charge in [-0.3, -0.25) is 0 Å². The Labute approximate surface area is 190 Å². The highest BCUT2D eigenvalue weighted by Crippen LogP contribution is 2.21. The highest BCUT2D eigenvalue weighted by Gasteiger charge is 2.26. The zero-order valence-electron chi connectivity index (χ0n) is 19.0. The van der Waals surface area contributed by atoms with E-state index in [9.17, 15) is 18.3 Å². The molecule has 1 amide bonds. The van der Waals surface area contributed by atoms with Crippen molar-refractivity contribution < 1.29 is 23.1 Å². The zero-order valence-corrected chi connectivity index (χ0v) is 19.9. The largest absolute Gasteiger partial charge is 0.497 e. The Kier molecular flexibility index (Phi) is 9.34. The van der Waals surface area contributed by atoms with Crippen LogP contribution in [0.5, 0.6) is 5.75 Å². The maximum atomic E-state index is 13.3. The van der Waals surface area contributed by atoms with E-state index < -0.39 is 22.2 Å². The summed E-state index contributed by atoms with van der Waals surface area (Å²) in [4.78, 5) is 11.5. The molecule has 2 rings (SSSR count). The topological polar surface area (TPSA) is 108 Å². The molecule has 0 unspecified atom stereocenters. The molecule has 1 atom stereocenters. The molecule has 0 aliphatic rings. The number of anilines is 1. The predicted octanol–water partition coefficient (Wildman–Crippen LogP) is 3.65. The van der Waals surface area contributed by atoms with Crippen molar-refractivity contribution in [3.8, 4) is 5.75 Å². The van der Waals surface area contributed by atoms with E-state index in [4.69, 9.17) is 4.74 Å². The fraction of sp³-hybridized carbons (Fsp3) is 0.435. The number of carbonyl (C=O) groups is 1. The summed E-state index contributed by atoms with van der Waals surface area (Å²) in [7, 11) is -0.379. The van der Waals surface area contributed by atoms with Crippen LogP contribution in [0.3, 0.4) is 0 Å². The van der Waals surface area contributed by atoms with Gasteiger partial charge >= 0.3 is 6.09 Å². The summed E-state index contributed by atoms with van der Waals surface area (Å²) in [6.45, 7) is 4.44. The number of nitrogens with zero attached hydrogens (tertiary/aromatic N) is 1. The molecule has 0 saturated carbocycles. The molecule has 9 heteroatoms. The highest BCUT2D eigenvalue weighted by atomic mass is 32.2. The van der Waals surface area contributed by atoms with Crippen molar-refractivity contribution in [2.75, 3.05) is 32.6 Å². The Bertz CT molecular complexity index is 960. The fourth-order valence-electron chi connectivity index (χ4n) is 3.41. The molecule has 0 spiro atoms. The van der Waals surface area contributed by atoms with Crippen LogP contribution in [0, 0.1) is 5.92 Å². The number of rotatable bonds is 12. The van der Waals surface area contributed by atoms with Gasteiger partial charge in [0.05, 0.1) is 12.0 Å². The Balaban J connectivity index is 2.18. The van der Waals surface area contributed by atoms with Crippen LogP contribution in [0.2, 0.25) is 0 Å². The fourth-order valence-corrected chi connectivity index (χ4v) is 5.02. The molecule has 0 radical (unpaired) electrons. The van der Waals surface area contributed by atoms with E-state index in [0.717, 1.165) is 11.3 Å². The first-order valence-electron chi connectivity index (χ1n) is 10.6. The van der Waals surface area contributed by atoms with Crippen LogP contribution < -0.4 is 15.4 Å². The van der Waals surface area contributed by atoms with Gasteiger partial charge in [-0.2, -0.15) is 4.31 Å². The van der Waals surface area contributed by atoms with Gasteiger partial charge in [0.25, 0.3) is 0 Å². The number of hydrogen-bond donors (Lipinski definition) is 3. The molecule has 0 aliphatic heterocycles. The Hall–Kier alpha value is -2.78. The molecule has 0 aliphatic carbocycles. The van der Waals surface area contributed by atoms with E-state index in [2.05, 4.69) is 10.6 Å². The van der Waals surface area contributed by atoms with Crippen molar-refractivity contribution in [1.82, 2.24) is 9.62 Å². The molecular weight excluding hydrogens is 430 g/mol. The summed E-state index contributed by atoms with van der Waals surface area (Å²) in [5, 5.41) is 14.9. The second-order valence-electron chi connectivity index (χ2n) is 8.02. The summed E-state index contributed by atoms with van der Waals surface area (Å²) in [5.41, 5.74) is 1.93. The van der Waals surface area contributed by atoms with Crippen LogP contribution >= 0.6 is 0 Å². The minimum absolute atomic E-state index is 0.114. The average Bonchev–Trinajstić information content (AvgIpc) is 2.76. The summed E-state index contributed by atoms with van der Waals surface area (Å²) >= 11 is 0. The maximum Gasteiger partial charge on any atom is 0.404 e. The van der Waals surface area contributed by atoms with Crippen LogP contribution in [0.1, 0.15) is 25.8 Å². The van der Waals surface area contributed by atoms with Gasteiger partial charge in [-0.05, 0) is 60.7 Å². The summed E-state index contributed by atoms with van der Waals surface area (Å²) < 4.78 is 33.1. The summed E-state index contributed by atoms with van der Waals surface area (Å²) in [6, 6.07) is 13.6. The Morgan fingerprint density at radius 3 is 2.22 bits per heavy atom. The molecular formula is C23H33N3O5S. The number of sulfonamides is 1. The minimum atomic E-state index is -3.73. The zero-order chi connectivity index (χ0) is 23.7. The van der Waals surface area contributed by atoms with Crippen LogP contribution in [0.4, 0.5) is 10.5 Å². The predicted molar refractivity (Wildman–Crippen MR) is 126 cm³/mol. The second-order valence-corrected chi connectivity index (χ2v) is 9.96. The van der Waals surface area contributed by atoms with E-state index in [0.29, 0.717) is 25.1 Å². The third-order valence-corrected chi connectivity index (χ3v) is 6.92. The molecule has 2 aromatic rings. The normalized spacial score (nSPS) is 12.6. The highest BCUT2D eigenvalue weighted by molar-refractivity contribution is 7.89. The third-order valence-electron chi connectivity index (χ3n) is 5.05. The number of nitrogens with one attached hydrogen (secondary N) is 2. The number of benzene rings is 2. The lowest BCUT2D eigenvalue weighted by Crippen LogP contribution is -2.41. The van der Waals surface area contributed by atoms with Crippen molar-refractivity contribution in [1.29, 1.82) is 0 Å². The molecule has 0 fully saturated rings. The van der Waals surface area contributed by atoms with Gasteiger partial charge in [0, 0.05) is 31.9 Å². The number of amides is 1. The first-order valence-corrected chi connectivity index (χ1v) is 12.0. The molecule has 176 valence electrons. The number of carboxylic acid groups (broad SMARTS) is 1. The third kappa shape index (κ3) is 7.42. The van der Waals surface area contributed by atoms with Gasteiger partial charge in [0.1, 0.15) is 5.75 Å². The smallest absolute Gasteiger partial charge is 0.404 e. The molecule has 2 aromatic carbocycles. The van der Waals surface area contributed by atoms with Gasteiger partial charge in [-0.1, -0.05) is 26.0 Å². The van der Waals surface area contributed by atoms with E-state index in [1.165, 1.54) is 23.5 Å². The molecule has 0 heterocycles. The lowest BCUT2D eigenvalue weighted by Gasteiger charge is -2.26. The van der Waals surface area contributed by atoms with Crippen molar-refractivity contribution in [2.45, 2.75) is 37.6 Å². The van der Waals surface area contributed by atoms with Gasteiger partial charge in [0.15, 0.2) is 0 Å². The molecule has 0 aromatic heterocycles. The molecule has 0 bridgehead atoms. The van der Waals surface area contributed by atoms with Crippen LogP contribution in [0.25, 0.3) is 0 Å². The van der Waals surface area contributed by atoms with E-state index in [1.54, 1.807) is 12.1 Å². The van der Waals surface area contributed by atoms with Crippen molar-refractivity contribution in [2.24, 2.45) is 5.92 Å². The Morgan fingerprint density at radius 1 is 1.09 bits per heavy atom. The van der Waals surface area contributed by atoms with Crippen LogP contribution in [-0.4, -0.2) is 57.2 Å².